The monoisotopic (exact) mass is 255 g/mol. The molecule has 1 N–H and O–H groups in total. The smallest absolute Gasteiger partial charge is 0.0300 e. The van der Waals surface area contributed by atoms with E-state index in [0.29, 0.717) is 6.04 Å². The van der Waals surface area contributed by atoms with Gasteiger partial charge in [-0.15, -0.1) is 0 Å². The van der Waals surface area contributed by atoms with Crippen molar-refractivity contribution >= 4 is 0 Å². The van der Waals surface area contributed by atoms with Crippen molar-refractivity contribution in [2.75, 3.05) is 6.54 Å². The van der Waals surface area contributed by atoms with Crippen LogP contribution in [0.4, 0.5) is 0 Å². The Hall–Kier alpha value is -1.74. The number of hydrogen-bond donors (Lipinski definition) is 1. The Bertz CT molecular complexity index is 456. The summed E-state index contributed by atoms with van der Waals surface area (Å²) in [6, 6.07) is 8.83. The van der Waals surface area contributed by atoms with Crippen LogP contribution in [-0.2, 0) is 12.8 Å². The first-order chi connectivity index (χ1) is 9.38. The number of hydrogen-bond acceptors (Lipinski definition) is 3. The molecule has 2 aromatic rings. The number of nitrogens with zero attached hydrogens (tertiary/aromatic N) is 2. The van der Waals surface area contributed by atoms with Gasteiger partial charge >= 0.3 is 0 Å². The predicted molar refractivity (Wildman–Crippen MR) is 78.0 cm³/mol. The van der Waals surface area contributed by atoms with Crippen molar-refractivity contribution in [3.8, 4) is 0 Å². The molecule has 1 atom stereocenters. The molecule has 0 saturated heterocycles. The van der Waals surface area contributed by atoms with Gasteiger partial charge in [0, 0.05) is 30.8 Å². The van der Waals surface area contributed by atoms with Crippen LogP contribution in [0, 0.1) is 0 Å². The number of likely N-dealkylation sites (N-methyl/N-ethyl adjacent to an activating group) is 1. The molecular formula is C16H21N3. The summed E-state index contributed by atoms with van der Waals surface area (Å²) >= 11 is 0. The maximum Gasteiger partial charge on any atom is 0.0300 e. The highest BCUT2D eigenvalue weighted by atomic mass is 14.9. The minimum absolute atomic E-state index is 0.502. The van der Waals surface area contributed by atoms with Crippen LogP contribution in [0.1, 0.15) is 24.5 Å². The van der Waals surface area contributed by atoms with Crippen molar-refractivity contribution in [1.82, 2.24) is 15.3 Å². The Balaban J connectivity index is 1.89. The minimum Gasteiger partial charge on any atom is -0.314 e. The van der Waals surface area contributed by atoms with Gasteiger partial charge in [0.05, 0.1) is 0 Å². The number of aromatic nitrogens is 2. The fourth-order valence-electron chi connectivity index (χ4n) is 2.26. The molecule has 1 unspecified atom stereocenters. The van der Waals surface area contributed by atoms with Crippen LogP contribution in [0.5, 0.6) is 0 Å². The predicted octanol–water partition coefficient (Wildman–Crippen LogP) is 2.63. The fourth-order valence-corrected chi connectivity index (χ4v) is 2.26. The number of pyridine rings is 2. The van der Waals surface area contributed by atoms with Gasteiger partial charge in [0.25, 0.3) is 0 Å². The van der Waals surface area contributed by atoms with E-state index >= 15 is 0 Å². The zero-order valence-corrected chi connectivity index (χ0v) is 11.4. The quantitative estimate of drug-likeness (QED) is 0.826. The van der Waals surface area contributed by atoms with E-state index in [1.807, 2.05) is 30.9 Å². The Morgan fingerprint density at radius 1 is 1.05 bits per heavy atom. The Morgan fingerprint density at radius 2 is 1.89 bits per heavy atom. The summed E-state index contributed by atoms with van der Waals surface area (Å²) in [6.07, 6.45) is 10.7. The Kier molecular flexibility index (Phi) is 5.50. The lowest BCUT2D eigenvalue weighted by atomic mass is 10.0. The molecule has 3 nitrogen and oxygen atoms in total. The second-order valence-corrected chi connectivity index (χ2v) is 4.71. The summed E-state index contributed by atoms with van der Waals surface area (Å²) in [4.78, 5) is 8.23. The van der Waals surface area contributed by atoms with E-state index in [4.69, 9.17) is 0 Å². The maximum absolute atomic E-state index is 4.18. The molecule has 0 radical (unpaired) electrons. The average Bonchev–Trinajstić information content (AvgIpc) is 2.47. The highest BCUT2D eigenvalue weighted by Crippen LogP contribution is 2.09. The number of rotatable bonds is 7. The van der Waals surface area contributed by atoms with Crippen molar-refractivity contribution < 1.29 is 0 Å². The van der Waals surface area contributed by atoms with Gasteiger partial charge in [0.2, 0.25) is 0 Å². The lowest BCUT2D eigenvalue weighted by Gasteiger charge is -2.17. The topological polar surface area (TPSA) is 37.8 Å². The van der Waals surface area contributed by atoms with Gasteiger partial charge in [-0.25, -0.2) is 0 Å². The molecule has 19 heavy (non-hydrogen) atoms. The third-order valence-electron chi connectivity index (χ3n) is 3.23. The van der Waals surface area contributed by atoms with Gasteiger partial charge in [0.1, 0.15) is 0 Å². The van der Waals surface area contributed by atoms with Gasteiger partial charge in [-0.3, -0.25) is 9.97 Å². The molecule has 0 amide bonds. The average molecular weight is 255 g/mol. The second-order valence-electron chi connectivity index (χ2n) is 4.71. The highest BCUT2D eigenvalue weighted by molar-refractivity contribution is 5.12. The summed E-state index contributed by atoms with van der Waals surface area (Å²) in [5.41, 5.74) is 2.65. The molecule has 100 valence electrons. The second kappa shape index (κ2) is 7.64. The van der Waals surface area contributed by atoms with Crippen molar-refractivity contribution in [1.29, 1.82) is 0 Å². The standard InChI is InChI=1S/C16H21N3/c1-2-19-16(12-15-4-3-9-18-13-15)6-5-14-7-10-17-11-8-14/h3-4,7-11,13,16,19H,2,5-6,12H2,1H3. The van der Waals surface area contributed by atoms with Crippen molar-refractivity contribution in [3.05, 3.63) is 60.2 Å². The molecule has 0 spiro atoms. The first kappa shape index (κ1) is 13.7. The molecule has 2 heterocycles. The third kappa shape index (κ3) is 4.79. The summed E-state index contributed by atoms with van der Waals surface area (Å²) in [5, 5.41) is 3.56. The van der Waals surface area contributed by atoms with E-state index in [1.54, 1.807) is 0 Å². The molecule has 2 aromatic heterocycles. The first-order valence-corrected chi connectivity index (χ1v) is 6.89. The van der Waals surface area contributed by atoms with E-state index in [0.717, 1.165) is 25.8 Å². The molecule has 2 rings (SSSR count). The van der Waals surface area contributed by atoms with E-state index in [1.165, 1.54) is 11.1 Å². The molecule has 0 aliphatic heterocycles. The summed E-state index contributed by atoms with van der Waals surface area (Å²) < 4.78 is 0. The lowest BCUT2D eigenvalue weighted by Crippen LogP contribution is -2.31. The summed E-state index contributed by atoms with van der Waals surface area (Å²) in [7, 11) is 0. The molecule has 0 bridgehead atoms. The van der Waals surface area contributed by atoms with Crippen LogP contribution in [0.25, 0.3) is 0 Å². The molecule has 3 heteroatoms. The van der Waals surface area contributed by atoms with Gasteiger partial charge in [-0.1, -0.05) is 13.0 Å². The Morgan fingerprint density at radius 3 is 2.58 bits per heavy atom. The first-order valence-electron chi connectivity index (χ1n) is 6.89. The molecule has 0 fully saturated rings. The van der Waals surface area contributed by atoms with Crippen LogP contribution in [0.3, 0.4) is 0 Å². The SMILES string of the molecule is CCNC(CCc1ccncc1)Cc1cccnc1. The Labute approximate surface area is 115 Å². The summed E-state index contributed by atoms with van der Waals surface area (Å²) in [6.45, 7) is 3.16. The maximum atomic E-state index is 4.18. The van der Waals surface area contributed by atoms with Crippen LogP contribution >= 0.6 is 0 Å². The van der Waals surface area contributed by atoms with Crippen LogP contribution in [0.2, 0.25) is 0 Å². The van der Waals surface area contributed by atoms with Crippen LogP contribution in [-0.4, -0.2) is 22.6 Å². The number of aryl methyl sites for hydroxylation is 1. The molecular weight excluding hydrogens is 234 g/mol. The van der Waals surface area contributed by atoms with Gasteiger partial charge in [0.15, 0.2) is 0 Å². The zero-order chi connectivity index (χ0) is 13.3. The molecule has 0 aliphatic carbocycles. The van der Waals surface area contributed by atoms with Gasteiger partial charge < -0.3 is 5.32 Å². The van der Waals surface area contributed by atoms with Crippen LogP contribution < -0.4 is 5.32 Å². The van der Waals surface area contributed by atoms with Crippen molar-refractivity contribution in [2.45, 2.75) is 32.2 Å². The fraction of sp³-hybridized carbons (Fsp3) is 0.375. The lowest BCUT2D eigenvalue weighted by molar-refractivity contribution is 0.490. The van der Waals surface area contributed by atoms with Crippen molar-refractivity contribution in [3.63, 3.8) is 0 Å². The number of nitrogens with one attached hydrogen (secondary N) is 1. The van der Waals surface area contributed by atoms with Gasteiger partial charge in [-0.2, -0.15) is 0 Å². The third-order valence-corrected chi connectivity index (χ3v) is 3.23. The van der Waals surface area contributed by atoms with E-state index in [9.17, 15) is 0 Å². The summed E-state index contributed by atoms with van der Waals surface area (Å²) in [5.74, 6) is 0. The van der Waals surface area contributed by atoms with Gasteiger partial charge in [-0.05, 0) is 55.1 Å². The van der Waals surface area contributed by atoms with Crippen LogP contribution in [0.15, 0.2) is 49.1 Å². The largest absolute Gasteiger partial charge is 0.314 e. The van der Waals surface area contributed by atoms with E-state index in [2.05, 4.69) is 40.4 Å². The normalized spacial score (nSPS) is 12.3. The van der Waals surface area contributed by atoms with Crippen molar-refractivity contribution in [2.24, 2.45) is 0 Å². The zero-order valence-electron chi connectivity index (χ0n) is 11.4. The molecule has 0 saturated carbocycles. The van der Waals surface area contributed by atoms with E-state index < -0.39 is 0 Å². The minimum atomic E-state index is 0.502. The highest BCUT2D eigenvalue weighted by Gasteiger charge is 2.08. The van der Waals surface area contributed by atoms with E-state index in [-0.39, 0.29) is 0 Å². The molecule has 0 aromatic carbocycles. The molecule has 0 aliphatic rings.